The summed E-state index contributed by atoms with van der Waals surface area (Å²) in [6.45, 7) is 14.0. The van der Waals surface area contributed by atoms with Crippen LogP contribution in [0.25, 0.3) is 0 Å². The first-order valence-electron chi connectivity index (χ1n) is 7.10. The van der Waals surface area contributed by atoms with Crippen LogP contribution >= 0.6 is 11.3 Å². The van der Waals surface area contributed by atoms with Crippen LogP contribution in [0.3, 0.4) is 0 Å². The quantitative estimate of drug-likeness (QED) is 0.920. The Morgan fingerprint density at radius 2 is 2.05 bits per heavy atom. The number of aryl methyl sites for hydroxylation is 2. The topological polar surface area (TPSA) is 29.9 Å². The van der Waals surface area contributed by atoms with Crippen LogP contribution in [0.4, 0.5) is 0 Å². The summed E-state index contributed by atoms with van der Waals surface area (Å²) in [5, 5.41) is 3.53. The van der Waals surface area contributed by atoms with Crippen LogP contribution in [0.2, 0.25) is 0 Å². The van der Waals surface area contributed by atoms with E-state index in [1.165, 1.54) is 21.0 Å². The van der Waals surface area contributed by atoms with E-state index in [1.54, 1.807) is 0 Å². The molecule has 2 rings (SSSR count). The maximum absolute atomic E-state index is 4.33. The molecule has 0 saturated heterocycles. The number of hydrogen-bond donors (Lipinski definition) is 1. The lowest BCUT2D eigenvalue weighted by Crippen LogP contribution is -2.35. The van der Waals surface area contributed by atoms with Crippen LogP contribution in [-0.4, -0.2) is 15.1 Å². The molecule has 2 aromatic heterocycles. The molecule has 4 heteroatoms. The van der Waals surface area contributed by atoms with Crippen molar-refractivity contribution < 1.29 is 0 Å². The minimum atomic E-state index is 0.118. The van der Waals surface area contributed by atoms with Crippen LogP contribution < -0.4 is 5.32 Å². The van der Waals surface area contributed by atoms with Crippen LogP contribution in [-0.2, 0) is 6.54 Å². The predicted molar refractivity (Wildman–Crippen MR) is 86.4 cm³/mol. The van der Waals surface area contributed by atoms with Crippen LogP contribution in [0.5, 0.6) is 0 Å². The molecule has 0 aliphatic heterocycles. The molecule has 1 atom stereocenters. The van der Waals surface area contributed by atoms with Gasteiger partial charge >= 0.3 is 0 Å². The van der Waals surface area contributed by atoms with Gasteiger partial charge in [0.1, 0.15) is 0 Å². The van der Waals surface area contributed by atoms with Gasteiger partial charge in [0.25, 0.3) is 0 Å². The average molecular weight is 291 g/mol. The van der Waals surface area contributed by atoms with E-state index in [4.69, 9.17) is 0 Å². The Bertz CT molecular complexity index is 575. The molecule has 0 fully saturated rings. The molecule has 0 spiro atoms. The van der Waals surface area contributed by atoms with Gasteiger partial charge < -0.3 is 9.88 Å². The number of aromatic nitrogens is 2. The SMILES string of the molecule is Cc1cc(C(C)n2cncc2CNC(C)(C)C)c(C)s1. The summed E-state index contributed by atoms with van der Waals surface area (Å²) < 4.78 is 2.27. The molecule has 0 bridgehead atoms. The fourth-order valence-electron chi connectivity index (χ4n) is 2.39. The predicted octanol–water partition coefficient (Wildman–Crippen LogP) is 4.06. The van der Waals surface area contributed by atoms with Gasteiger partial charge in [0.2, 0.25) is 0 Å². The third kappa shape index (κ3) is 3.49. The van der Waals surface area contributed by atoms with Crippen molar-refractivity contribution in [1.29, 1.82) is 0 Å². The Balaban J connectivity index is 2.21. The molecule has 110 valence electrons. The van der Waals surface area contributed by atoms with Crippen molar-refractivity contribution in [2.45, 2.75) is 59.7 Å². The minimum Gasteiger partial charge on any atom is -0.326 e. The molecular formula is C16H25N3S. The summed E-state index contributed by atoms with van der Waals surface area (Å²) in [4.78, 5) is 7.11. The maximum atomic E-state index is 4.33. The number of nitrogens with zero attached hydrogens (tertiary/aromatic N) is 2. The number of hydrogen-bond acceptors (Lipinski definition) is 3. The van der Waals surface area contributed by atoms with Gasteiger partial charge in [-0.15, -0.1) is 11.3 Å². The summed E-state index contributed by atoms with van der Waals surface area (Å²) in [5.41, 5.74) is 2.76. The van der Waals surface area contributed by atoms with Crippen molar-refractivity contribution in [3.05, 3.63) is 39.6 Å². The van der Waals surface area contributed by atoms with Gasteiger partial charge in [-0.2, -0.15) is 0 Å². The van der Waals surface area contributed by atoms with Gasteiger partial charge in [-0.05, 0) is 53.2 Å². The van der Waals surface area contributed by atoms with E-state index in [2.05, 4.69) is 62.5 Å². The van der Waals surface area contributed by atoms with Crippen molar-refractivity contribution in [1.82, 2.24) is 14.9 Å². The second-order valence-electron chi connectivity index (χ2n) is 6.44. The highest BCUT2D eigenvalue weighted by molar-refractivity contribution is 7.12. The summed E-state index contributed by atoms with van der Waals surface area (Å²) in [6.07, 6.45) is 3.90. The molecule has 0 amide bonds. The zero-order valence-corrected chi connectivity index (χ0v) is 14.1. The van der Waals surface area contributed by atoms with E-state index in [0.717, 1.165) is 6.54 Å². The zero-order chi connectivity index (χ0) is 14.9. The Labute approximate surface area is 126 Å². The summed E-state index contributed by atoms with van der Waals surface area (Å²) in [6, 6.07) is 2.63. The summed E-state index contributed by atoms with van der Waals surface area (Å²) in [7, 11) is 0. The maximum Gasteiger partial charge on any atom is 0.0954 e. The molecule has 2 heterocycles. The van der Waals surface area contributed by atoms with Gasteiger partial charge in [0, 0.05) is 28.0 Å². The van der Waals surface area contributed by atoms with Gasteiger partial charge in [0.15, 0.2) is 0 Å². The lowest BCUT2D eigenvalue weighted by Gasteiger charge is -2.22. The Kier molecular flexibility index (Phi) is 4.35. The van der Waals surface area contributed by atoms with Crippen molar-refractivity contribution >= 4 is 11.3 Å². The highest BCUT2D eigenvalue weighted by Gasteiger charge is 2.17. The number of nitrogens with one attached hydrogen (secondary N) is 1. The lowest BCUT2D eigenvalue weighted by atomic mass is 10.1. The van der Waals surface area contributed by atoms with Gasteiger partial charge in [-0.25, -0.2) is 4.98 Å². The first-order chi connectivity index (χ1) is 9.28. The van der Waals surface area contributed by atoms with Crippen molar-refractivity contribution in [2.75, 3.05) is 0 Å². The normalized spacial score (nSPS) is 13.7. The molecular weight excluding hydrogens is 266 g/mol. The highest BCUT2D eigenvalue weighted by atomic mass is 32.1. The molecule has 1 unspecified atom stereocenters. The fraction of sp³-hybridized carbons (Fsp3) is 0.562. The molecule has 3 nitrogen and oxygen atoms in total. The van der Waals surface area contributed by atoms with Crippen molar-refractivity contribution in [2.24, 2.45) is 0 Å². The molecule has 0 saturated carbocycles. The Hall–Kier alpha value is -1.13. The van der Waals surface area contributed by atoms with E-state index >= 15 is 0 Å². The molecule has 20 heavy (non-hydrogen) atoms. The fourth-order valence-corrected chi connectivity index (χ4v) is 3.40. The van der Waals surface area contributed by atoms with Crippen molar-refractivity contribution in [3.8, 4) is 0 Å². The minimum absolute atomic E-state index is 0.118. The third-order valence-corrected chi connectivity index (χ3v) is 4.47. The second kappa shape index (κ2) is 5.70. The van der Waals surface area contributed by atoms with Gasteiger partial charge in [0.05, 0.1) is 18.1 Å². The second-order valence-corrected chi connectivity index (χ2v) is 7.90. The van der Waals surface area contributed by atoms with Gasteiger partial charge in [-0.1, -0.05) is 0 Å². The van der Waals surface area contributed by atoms with E-state index in [0.29, 0.717) is 6.04 Å². The summed E-state index contributed by atoms with van der Waals surface area (Å²) >= 11 is 1.87. The summed E-state index contributed by atoms with van der Waals surface area (Å²) in [5.74, 6) is 0. The number of rotatable bonds is 4. The third-order valence-electron chi connectivity index (χ3n) is 3.49. The van der Waals surface area contributed by atoms with E-state index in [9.17, 15) is 0 Å². The molecule has 0 aliphatic rings. The Morgan fingerprint density at radius 1 is 1.35 bits per heavy atom. The standard InChI is InChI=1S/C16H25N3S/c1-11-7-15(13(3)20-11)12(2)19-10-17-8-14(19)9-18-16(4,5)6/h7-8,10,12,18H,9H2,1-6H3. The monoisotopic (exact) mass is 291 g/mol. The molecule has 1 N–H and O–H groups in total. The molecule has 0 radical (unpaired) electrons. The zero-order valence-electron chi connectivity index (χ0n) is 13.3. The highest BCUT2D eigenvalue weighted by Crippen LogP contribution is 2.29. The van der Waals surface area contributed by atoms with Crippen molar-refractivity contribution in [3.63, 3.8) is 0 Å². The largest absolute Gasteiger partial charge is 0.326 e. The van der Waals surface area contributed by atoms with Crippen LogP contribution in [0.1, 0.15) is 54.7 Å². The lowest BCUT2D eigenvalue weighted by molar-refractivity contribution is 0.413. The first kappa shape index (κ1) is 15.3. The van der Waals surface area contributed by atoms with E-state index < -0.39 is 0 Å². The van der Waals surface area contributed by atoms with Gasteiger partial charge in [-0.3, -0.25) is 0 Å². The van der Waals surface area contributed by atoms with Crippen LogP contribution in [0.15, 0.2) is 18.6 Å². The molecule has 0 aliphatic carbocycles. The van der Waals surface area contributed by atoms with E-state index in [-0.39, 0.29) is 5.54 Å². The molecule has 2 aromatic rings. The Morgan fingerprint density at radius 3 is 2.60 bits per heavy atom. The van der Waals surface area contributed by atoms with E-state index in [1.807, 2.05) is 23.9 Å². The number of imidazole rings is 1. The number of thiophene rings is 1. The first-order valence-corrected chi connectivity index (χ1v) is 7.92. The molecule has 0 aromatic carbocycles. The average Bonchev–Trinajstić information content (AvgIpc) is 2.91. The van der Waals surface area contributed by atoms with Crippen LogP contribution in [0, 0.1) is 13.8 Å². The smallest absolute Gasteiger partial charge is 0.0954 e.